The first-order chi connectivity index (χ1) is 8.17. The van der Waals surface area contributed by atoms with E-state index in [-0.39, 0.29) is 0 Å². The number of aryl methyl sites for hydroxylation is 1. The van der Waals surface area contributed by atoms with Gasteiger partial charge in [0.2, 0.25) is 0 Å². The van der Waals surface area contributed by atoms with Gasteiger partial charge >= 0.3 is 0 Å². The lowest BCUT2D eigenvalue weighted by Crippen LogP contribution is -2.02. The van der Waals surface area contributed by atoms with Crippen molar-refractivity contribution >= 4 is 12.6 Å². The summed E-state index contributed by atoms with van der Waals surface area (Å²) in [5.74, 6) is 1.52. The molecule has 0 N–H and O–H groups in total. The fourth-order valence-corrected chi connectivity index (χ4v) is 2.12. The molecular weight excluding hydrogens is 232 g/mol. The molecule has 2 aromatic rings. The smallest absolute Gasteiger partial charge is 0.144 e. The zero-order chi connectivity index (χ0) is 12.4. The Morgan fingerprint density at radius 1 is 1.35 bits per heavy atom. The molecule has 0 saturated carbocycles. The molecule has 4 heteroatoms. The van der Waals surface area contributed by atoms with Crippen LogP contribution in [0.5, 0.6) is 5.75 Å². The molecule has 0 bridgehead atoms. The van der Waals surface area contributed by atoms with Gasteiger partial charge in [-0.05, 0) is 31.5 Å². The van der Waals surface area contributed by atoms with Crippen molar-refractivity contribution in [2.45, 2.75) is 19.6 Å². The van der Waals surface area contributed by atoms with E-state index in [0.717, 1.165) is 22.7 Å². The third kappa shape index (κ3) is 2.17. The van der Waals surface area contributed by atoms with Gasteiger partial charge in [0.25, 0.3) is 0 Å². The molecule has 0 radical (unpaired) electrons. The number of hydrogen-bond acceptors (Lipinski definition) is 3. The molecule has 0 fully saturated rings. The first-order valence-electron chi connectivity index (χ1n) is 5.46. The summed E-state index contributed by atoms with van der Waals surface area (Å²) in [5, 5.41) is 4.39. The quantitative estimate of drug-likeness (QED) is 0.846. The zero-order valence-electron chi connectivity index (χ0n) is 10.3. The maximum atomic E-state index is 5.37. The summed E-state index contributed by atoms with van der Waals surface area (Å²) in [6.45, 7) is 4.10. The Hall–Kier alpha value is -1.42. The number of benzene rings is 1. The summed E-state index contributed by atoms with van der Waals surface area (Å²) < 4.78 is 7.27. The van der Waals surface area contributed by atoms with Crippen molar-refractivity contribution in [3.05, 3.63) is 41.2 Å². The van der Waals surface area contributed by atoms with Gasteiger partial charge in [0.05, 0.1) is 13.3 Å². The van der Waals surface area contributed by atoms with E-state index in [9.17, 15) is 0 Å². The molecule has 0 saturated heterocycles. The zero-order valence-corrected chi connectivity index (χ0v) is 11.2. The molecule has 0 atom stereocenters. The first kappa shape index (κ1) is 12.0. The van der Waals surface area contributed by atoms with Crippen LogP contribution in [0.3, 0.4) is 0 Å². The van der Waals surface area contributed by atoms with Crippen molar-refractivity contribution in [3.8, 4) is 11.4 Å². The average molecular weight is 248 g/mol. The fraction of sp³-hybridized carbons (Fsp3) is 0.308. The third-order valence-electron chi connectivity index (χ3n) is 2.84. The molecule has 1 heterocycles. The molecule has 17 heavy (non-hydrogen) atoms. The van der Waals surface area contributed by atoms with E-state index in [2.05, 4.69) is 30.7 Å². The van der Waals surface area contributed by atoms with Crippen LogP contribution in [0.15, 0.2) is 24.4 Å². The number of ether oxygens (including phenoxy) is 1. The molecule has 3 nitrogen and oxygen atoms in total. The highest BCUT2D eigenvalue weighted by Gasteiger charge is 2.11. The molecule has 0 aliphatic carbocycles. The molecule has 1 aromatic carbocycles. The van der Waals surface area contributed by atoms with Crippen molar-refractivity contribution in [1.29, 1.82) is 0 Å². The van der Waals surface area contributed by atoms with Gasteiger partial charge in [-0.1, -0.05) is 6.07 Å². The molecule has 0 amide bonds. The summed E-state index contributed by atoms with van der Waals surface area (Å²) in [6, 6.07) is 6.06. The van der Waals surface area contributed by atoms with E-state index in [1.165, 1.54) is 5.56 Å². The average Bonchev–Trinajstić information content (AvgIpc) is 2.70. The second kappa shape index (κ2) is 4.84. The van der Waals surface area contributed by atoms with E-state index >= 15 is 0 Å². The molecule has 1 aromatic heterocycles. The van der Waals surface area contributed by atoms with Crippen LogP contribution in [-0.2, 0) is 5.75 Å². The number of rotatable bonds is 3. The predicted molar refractivity (Wildman–Crippen MR) is 72.3 cm³/mol. The molecule has 0 unspecified atom stereocenters. The van der Waals surface area contributed by atoms with Crippen molar-refractivity contribution in [3.63, 3.8) is 0 Å². The Kier molecular flexibility index (Phi) is 3.43. The highest BCUT2D eigenvalue weighted by Crippen LogP contribution is 2.25. The van der Waals surface area contributed by atoms with Gasteiger partial charge in [0, 0.05) is 17.0 Å². The van der Waals surface area contributed by atoms with Crippen LogP contribution in [0.1, 0.15) is 16.8 Å². The Labute approximate surface area is 107 Å². The standard InChI is InChI=1S/C13H16N2OS/c1-9-4-5-13(16-3)12(6-9)15-10(2)11(8-17)7-14-15/h4-7,17H,8H2,1-3H3. The SMILES string of the molecule is COc1ccc(C)cc1-n1ncc(CS)c1C. The summed E-state index contributed by atoms with van der Waals surface area (Å²) in [5.41, 5.74) is 4.39. The molecule has 0 aliphatic heterocycles. The van der Waals surface area contributed by atoms with Gasteiger partial charge in [0.15, 0.2) is 0 Å². The minimum Gasteiger partial charge on any atom is -0.494 e. The van der Waals surface area contributed by atoms with Crippen molar-refractivity contribution < 1.29 is 4.74 Å². The van der Waals surface area contributed by atoms with Gasteiger partial charge in [0.1, 0.15) is 11.4 Å². The number of nitrogens with zero attached hydrogens (tertiary/aromatic N) is 2. The van der Waals surface area contributed by atoms with Crippen molar-refractivity contribution in [2.75, 3.05) is 7.11 Å². The van der Waals surface area contributed by atoms with Crippen LogP contribution in [-0.4, -0.2) is 16.9 Å². The second-order valence-electron chi connectivity index (χ2n) is 4.00. The highest BCUT2D eigenvalue weighted by molar-refractivity contribution is 7.79. The molecular formula is C13H16N2OS. The van der Waals surface area contributed by atoms with Crippen LogP contribution in [0.4, 0.5) is 0 Å². The van der Waals surface area contributed by atoms with Crippen LogP contribution in [0, 0.1) is 13.8 Å². The second-order valence-corrected chi connectivity index (χ2v) is 4.32. The van der Waals surface area contributed by atoms with Gasteiger partial charge in [-0.15, -0.1) is 0 Å². The first-order valence-corrected chi connectivity index (χ1v) is 6.10. The summed E-state index contributed by atoms with van der Waals surface area (Å²) in [6.07, 6.45) is 1.85. The Morgan fingerprint density at radius 3 is 2.71 bits per heavy atom. The summed E-state index contributed by atoms with van der Waals surface area (Å²) in [4.78, 5) is 0. The monoisotopic (exact) mass is 248 g/mol. The molecule has 0 spiro atoms. The van der Waals surface area contributed by atoms with Crippen LogP contribution in [0.25, 0.3) is 5.69 Å². The lowest BCUT2D eigenvalue weighted by molar-refractivity contribution is 0.411. The largest absolute Gasteiger partial charge is 0.494 e. The number of thiol groups is 1. The van der Waals surface area contributed by atoms with E-state index in [1.54, 1.807) is 7.11 Å². The molecule has 90 valence electrons. The minimum absolute atomic E-state index is 0.694. The van der Waals surface area contributed by atoms with E-state index < -0.39 is 0 Å². The number of methoxy groups -OCH3 is 1. The van der Waals surface area contributed by atoms with E-state index in [1.807, 2.05) is 29.9 Å². The Bertz CT molecular complexity index is 534. The van der Waals surface area contributed by atoms with E-state index in [0.29, 0.717) is 5.75 Å². The Morgan fingerprint density at radius 2 is 2.12 bits per heavy atom. The normalized spacial score (nSPS) is 10.6. The maximum absolute atomic E-state index is 5.37. The third-order valence-corrected chi connectivity index (χ3v) is 3.19. The van der Waals surface area contributed by atoms with Crippen LogP contribution in [0.2, 0.25) is 0 Å². The lowest BCUT2D eigenvalue weighted by atomic mass is 10.2. The van der Waals surface area contributed by atoms with Crippen LogP contribution >= 0.6 is 12.6 Å². The van der Waals surface area contributed by atoms with Crippen molar-refractivity contribution in [1.82, 2.24) is 9.78 Å². The maximum Gasteiger partial charge on any atom is 0.144 e. The summed E-state index contributed by atoms with van der Waals surface area (Å²) in [7, 11) is 1.67. The van der Waals surface area contributed by atoms with E-state index in [4.69, 9.17) is 4.74 Å². The molecule has 0 aliphatic rings. The Balaban J connectivity index is 2.58. The van der Waals surface area contributed by atoms with Crippen LogP contribution < -0.4 is 4.74 Å². The fourth-order valence-electron chi connectivity index (χ4n) is 1.81. The molecule has 2 rings (SSSR count). The van der Waals surface area contributed by atoms with Crippen molar-refractivity contribution in [2.24, 2.45) is 0 Å². The van der Waals surface area contributed by atoms with Gasteiger partial charge in [-0.25, -0.2) is 4.68 Å². The van der Waals surface area contributed by atoms with Gasteiger partial charge in [-0.3, -0.25) is 0 Å². The van der Waals surface area contributed by atoms with Gasteiger partial charge < -0.3 is 4.74 Å². The minimum atomic E-state index is 0.694. The topological polar surface area (TPSA) is 27.1 Å². The number of aromatic nitrogens is 2. The van der Waals surface area contributed by atoms with Gasteiger partial charge in [-0.2, -0.15) is 17.7 Å². The highest BCUT2D eigenvalue weighted by atomic mass is 32.1. The summed E-state index contributed by atoms with van der Waals surface area (Å²) >= 11 is 4.29. The number of hydrogen-bond donors (Lipinski definition) is 1. The lowest BCUT2D eigenvalue weighted by Gasteiger charge is -2.11. The predicted octanol–water partition coefficient (Wildman–Crippen LogP) is 2.93.